The van der Waals surface area contributed by atoms with Gasteiger partial charge in [0.15, 0.2) is 5.96 Å². The van der Waals surface area contributed by atoms with Crippen molar-refractivity contribution in [3.05, 3.63) is 35.6 Å². The van der Waals surface area contributed by atoms with Gasteiger partial charge in [0, 0.05) is 39.8 Å². The first-order valence-electron chi connectivity index (χ1n) is 8.56. The molecule has 1 saturated heterocycles. The van der Waals surface area contributed by atoms with Crippen LogP contribution in [0.4, 0.5) is 4.39 Å². The Bertz CT molecular complexity index is 544. The number of halogens is 2. The van der Waals surface area contributed by atoms with Gasteiger partial charge in [-0.25, -0.2) is 4.39 Å². The number of rotatable bonds is 5. The highest BCUT2D eigenvalue weighted by molar-refractivity contribution is 14.0. The predicted octanol–water partition coefficient (Wildman–Crippen LogP) is 2.94. The fourth-order valence-electron chi connectivity index (χ4n) is 3.36. The summed E-state index contributed by atoms with van der Waals surface area (Å²) in [5.74, 6) is 1.42. The summed E-state index contributed by atoms with van der Waals surface area (Å²) >= 11 is 0. The number of aliphatic imine (C=N–C) groups is 1. The molecule has 0 amide bonds. The summed E-state index contributed by atoms with van der Waals surface area (Å²) in [7, 11) is 3.83. The Labute approximate surface area is 161 Å². The van der Waals surface area contributed by atoms with Crippen molar-refractivity contribution in [2.24, 2.45) is 10.9 Å². The minimum absolute atomic E-state index is 0. The van der Waals surface area contributed by atoms with Gasteiger partial charge in [0.2, 0.25) is 0 Å². The summed E-state index contributed by atoms with van der Waals surface area (Å²) in [5, 5.41) is 3.50. The molecule has 0 radical (unpaired) electrons. The summed E-state index contributed by atoms with van der Waals surface area (Å²) in [6.07, 6.45) is 4.06. The van der Waals surface area contributed by atoms with Gasteiger partial charge in [0.1, 0.15) is 5.82 Å². The van der Waals surface area contributed by atoms with Gasteiger partial charge in [-0.2, -0.15) is 0 Å². The van der Waals surface area contributed by atoms with Gasteiger partial charge in [-0.1, -0.05) is 12.1 Å². The number of benzene rings is 1. The van der Waals surface area contributed by atoms with Crippen LogP contribution in [0.5, 0.6) is 0 Å². The highest BCUT2D eigenvalue weighted by Gasteiger charge is 2.34. The number of nitrogens with one attached hydrogen (secondary N) is 1. The fourth-order valence-corrected chi connectivity index (χ4v) is 3.36. The molecular weight excluding hydrogens is 418 g/mol. The zero-order valence-corrected chi connectivity index (χ0v) is 16.9. The summed E-state index contributed by atoms with van der Waals surface area (Å²) in [5.41, 5.74) is 1.08. The quantitative estimate of drug-likeness (QED) is 0.429. The van der Waals surface area contributed by atoms with Crippen LogP contribution in [0.25, 0.3) is 0 Å². The van der Waals surface area contributed by atoms with Crippen LogP contribution in [0.1, 0.15) is 24.8 Å². The second-order valence-electron chi connectivity index (χ2n) is 6.79. The first kappa shape index (κ1) is 19.4. The molecule has 1 saturated carbocycles. The highest BCUT2D eigenvalue weighted by Crippen LogP contribution is 2.31. The van der Waals surface area contributed by atoms with E-state index in [1.54, 1.807) is 0 Å². The van der Waals surface area contributed by atoms with Crippen LogP contribution in [0, 0.1) is 11.7 Å². The lowest BCUT2D eigenvalue weighted by molar-refractivity contribution is 0.313. The van der Waals surface area contributed by atoms with E-state index < -0.39 is 0 Å². The van der Waals surface area contributed by atoms with Crippen LogP contribution in [0.15, 0.2) is 29.3 Å². The molecule has 2 aliphatic rings. The van der Waals surface area contributed by atoms with Gasteiger partial charge < -0.3 is 15.1 Å². The minimum Gasteiger partial charge on any atom is -0.356 e. The molecular formula is C18H28FIN4. The number of likely N-dealkylation sites (tertiary alicyclic amines) is 1. The van der Waals surface area contributed by atoms with Crippen molar-refractivity contribution in [1.82, 2.24) is 15.1 Å². The van der Waals surface area contributed by atoms with Crippen molar-refractivity contribution < 1.29 is 4.39 Å². The van der Waals surface area contributed by atoms with E-state index in [0.717, 1.165) is 30.7 Å². The van der Waals surface area contributed by atoms with E-state index in [2.05, 4.69) is 20.1 Å². The largest absolute Gasteiger partial charge is 0.356 e. The van der Waals surface area contributed by atoms with Gasteiger partial charge in [0.05, 0.1) is 0 Å². The normalized spacial score (nSPS) is 21.5. The zero-order chi connectivity index (χ0) is 16.2. The average molecular weight is 446 g/mol. The molecule has 1 atom stereocenters. The molecule has 1 N–H and O–H groups in total. The molecule has 3 rings (SSSR count). The number of hydrogen-bond acceptors (Lipinski definition) is 2. The lowest BCUT2D eigenvalue weighted by atomic mass is 10.1. The molecule has 2 fully saturated rings. The standard InChI is InChI=1S/C18H27FN4.HI/c1-20-18(22(2)12-14-3-5-16(19)6-4-14)21-11-15-9-10-23(13-15)17-7-8-17;/h3-6,15,17H,7-13H2,1-2H3,(H,20,21);1H. The molecule has 0 spiro atoms. The molecule has 134 valence electrons. The third-order valence-electron chi connectivity index (χ3n) is 4.84. The molecule has 1 unspecified atom stereocenters. The Balaban J connectivity index is 0.00000208. The Morgan fingerprint density at radius 1 is 1.29 bits per heavy atom. The van der Waals surface area contributed by atoms with E-state index >= 15 is 0 Å². The van der Waals surface area contributed by atoms with Crippen molar-refractivity contribution in [3.63, 3.8) is 0 Å². The molecule has 0 bridgehead atoms. The van der Waals surface area contributed by atoms with Crippen LogP contribution in [0.2, 0.25) is 0 Å². The second kappa shape index (κ2) is 8.99. The van der Waals surface area contributed by atoms with E-state index in [1.807, 2.05) is 26.2 Å². The van der Waals surface area contributed by atoms with Crippen molar-refractivity contribution in [3.8, 4) is 0 Å². The molecule has 1 heterocycles. The molecule has 4 nitrogen and oxygen atoms in total. The molecule has 1 aliphatic carbocycles. The van der Waals surface area contributed by atoms with Gasteiger partial charge in [0.25, 0.3) is 0 Å². The van der Waals surface area contributed by atoms with Crippen molar-refractivity contribution in [2.45, 2.75) is 31.8 Å². The van der Waals surface area contributed by atoms with Crippen LogP contribution in [-0.4, -0.2) is 55.5 Å². The first-order valence-corrected chi connectivity index (χ1v) is 8.56. The Morgan fingerprint density at radius 3 is 2.62 bits per heavy atom. The van der Waals surface area contributed by atoms with Crippen LogP contribution < -0.4 is 5.32 Å². The summed E-state index contributed by atoms with van der Waals surface area (Å²) in [6.45, 7) is 4.17. The van der Waals surface area contributed by atoms with Gasteiger partial charge in [-0.3, -0.25) is 4.99 Å². The second-order valence-corrected chi connectivity index (χ2v) is 6.79. The lowest BCUT2D eigenvalue weighted by Crippen LogP contribution is -2.41. The average Bonchev–Trinajstić information content (AvgIpc) is 3.29. The highest BCUT2D eigenvalue weighted by atomic mass is 127. The van der Waals surface area contributed by atoms with Crippen LogP contribution in [0.3, 0.4) is 0 Å². The molecule has 1 aromatic carbocycles. The lowest BCUT2D eigenvalue weighted by Gasteiger charge is -2.23. The van der Waals surface area contributed by atoms with Crippen molar-refractivity contribution in [2.75, 3.05) is 33.7 Å². The number of nitrogens with zero attached hydrogens (tertiary/aromatic N) is 3. The van der Waals surface area contributed by atoms with E-state index in [-0.39, 0.29) is 29.8 Å². The number of hydrogen-bond donors (Lipinski definition) is 1. The van der Waals surface area contributed by atoms with E-state index in [0.29, 0.717) is 5.92 Å². The first-order chi connectivity index (χ1) is 11.2. The van der Waals surface area contributed by atoms with Gasteiger partial charge in [-0.15, -0.1) is 24.0 Å². The SMILES string of the molecule is CN=C(NCC1CCN(C2CC2)C1)N(C)Cc1ccc(F)cc1.I. The topological polar surface area (TPSA) is 30.9 Å². The summed E-state index contributed by atoms with van der Waals surface area (Å²) < 4.78 is 13.0. The van der Waals surface area contributed by atoms with Crippen LogP contribution >= 0.6 is 24.0 Å². The third-order valence-corrected chi connectivity index (χ3v) is 4.84. The molecule has 1 aliphatic heterocycles. The van der Waals surface area contributed by atoms with E-state index in [4.69, 9.17) is 0 Å². The Kier molecular flexibility index (Phi) is 7.28. The van der Waals surface area contributed by atoms with Gasteiger partial charge >= 0.3 is 0 Å². The molecule has 6 heteroatoms. The monoisotopic (exact) mass is 446 g/mol. The molecule has 1 aromatic rings. The predicted molar refractivity (Wildman–Crippen MR) is 107 cm³/mol. The van der Waals surface area contributed by atoms with E-state index in [9.17, 15) is 4.39 Å². The molecule has 24 heavy (non-hydrogen) atoms. The summed E-state index contributed by atoms with van der Waals surface area (Å²) in [6, 6.07) is 7.53. The summed E-state index contributed by atoms with van der Waals surface area (Å²) in [4.78, 5) is 9.09. The van der Waals surface area contributed by atoms with Crippen molar-refractivity contribution >= 4 is 29.9 Å². The van der Waals surface area contributed by atoms with Gasteiger partial charge in [-0.05, 0) is 49.4 Å². The smallest absolute Gasteiger partial charge is 0.193 e. The zero-order valence-electron chi connectivity index (χ0n) is 14.5. The maximum atomic E-state index is 13.0. The fraction of sp³-hybridized carbons (Fsp3) is 0.611. The van der Waals surface area contributed by atoms with Crippen LogP contribution in [-0.2, 0) is 6.54 Å². The third kappa shape index (κ3) is 5.31. The Hall–Kier alpha value is -0.890. The number of guanidine groups is 1. The Morgan fingerprint density at radius 2 is 2.00 bits per heavy atom. The molecule has 0 aromatic heterocycles. The van der Waals surface area contributed by atoms with Crippen molar-refractivity contribution in [1.29, 1.82) is 0 Å². The maximum absolute atomic E-state index is 13.0. The van der Waals surface area contributed by atoms with E-state index in [1.165, 1.54) is 44.5 Å². The minimum atomic E-state index is -0.194. The maximum Gasteiger partial charge on any atom is 0.193 e.